The van der Waals surface area contributed by atoms with Crippen molar-refractivity contribution in [1.82, 2.24) is 4.90 Å². The van der Waals surface area contributed by atoms with Crippen LogP contribution >= 0.6 is 0 Å². The summed E-state index contributed by atoms with van der Waals surface area (Å²) >= 11 is 0. The first kappa shape index (κ1) is 15.7. The van der Waals surface area contributed by atoms with Gasteiger partial charge in [-0.15, -0.1) is 0 Å². The maximum Gasteiger partial charge on any atom is 0.119 e. The molecule has 0 saturated carbocycles. The Morgan fingerprint density at radius 2 is 1.89 bits per heavy atom. The van der Waals surface area contributed by atoms with E-state index in [0.717, 1.165) is 23.4 Å². The van der Waals surface area contributed by atoms with Crippen LogP contribution in [0.4, 0.5) is 0 Å². The number of benzene rings is 1. The molecule has 0 bridgehead atoms. The molecule has 1 N–H and O–H groups in total. The fourth-order valence-electron chi connectivity index (χ4n) is 1.62. The SMILES string of the molecule is CC(C)C(=Cc1ccc(OCCN(C)C)cc1)CO. The summed E-state index contributed by atoms with van der Waals surface area (Å²) in [5.74, 6) is 1.25. The van der Waals surface area contributed by atoms with Gasteiger partial charge in [-0.25, -0.2) is 0 Å². The summed E-state index contributed by atoms with van der Waals surface area (Å²) in [4.78, 5) is 2.09. The van der Waals surface area contributed by atoms with Gasteiger partial charge in [-0.2, -0.15) is 0 Å². The number of ether oxygens (including phenoxy) is 1. The molecule has 0 fully saturated rings. The lowest BCUT2D eigenvalue weighted by Gasteiger charge is -2.11. The van der Waals surface area contributed by atoms with Gasteiger partial charge in [0.05, 0.1) is 6.61 Å². The van der Waals surface area contributed by atoms with Gasteiger partial charge in [0, 0.05) is 6.54 Å². The molecule has 1 aromatic rings. The molecule has 3 nitrogen and oxygen atoms in total. The molecule has 0 aromatic heterocycles. The Morgan fingerprint density at radius 3 is 2.37 bits per heavy atom. The van der Waals surface area contributed by atoms with Gasteiger partial charge < -0.3 is 14.7 Å². The Labute approximate surface area is 116 Å². The van der Waals surface area contributed by atoms with Crippen LogP contribution in [0.15, 0.2) is 29.8 Å². The van der Waals surface area contributed by atoms with Gasteiger partial charge in [-0.3, -0.25) is 0 Å². The fraction of sp³-hybridized carbons (Fsp3) is 0.500. The first-order chi connectivity index (χ1) is 9.02. The Kier molecular flexibility index (Phi) is 6.60. The van der Waals surface area contributed by atoms with Crippen molar-refractivity contribution in [3.05, 3.63) is 35.4 Å². The average molecular weight is 263 g/mol. The van der Waals surface area contributed by atoms with E-state index < -0.39 is 0 Å². The van der Waals surface area contributed by atoms with Crippen molar-refractivity contribution in [3.63, 3.8) is 0 Å². The monoisotopic (exact) mass is 263 g/mol. The van der Waals surface area contributed by atoms with Crippen LogP contribution in [0, 0.1) is 5.92 Å². The van der Waals surface area contributed by atoms with E-state index in [1.54, 1.807) is 0 Å². The van der Waals surface area contributed by atoms with Gasteiger partial charge in [0.2, 0.25) is 0 Å². The molecule has 3 heteroatoms. The van der Waals surface area contributed by atoms with E-state index in [1.807, 2.05) is 44.4 Å². The maximum atomic E-state index is 9.28. The lowest BCUT2D eigenvalue weighted by Crippen LogP contribution is -2.19. The van der Waals surface area contributed by atoms with Gasteiger partial charge in [0.15, 0.2) is 0 Å². The first-order valence-corrected chi connectivity index (χ1v) is 6.72. The minimum Gasteiger partial charge on any atom is -0.492 e. The van der Waals surface area contributed by atoms with E-state index in [9.17, 15) is 5.11 Å². The van der Waals surface area contributed by atoms with E-state index in [0.29, 0.717) is 12.5 Å². The average Bonchev–Trinajstić information content (AvgIpc) is 2.37. The quantitative estimate of drug-likeness (QED) is 0.821. The van der Waals surface area contributed by atoms with E-state index in [2.05, 4.69) is 18.7 Å². The molecule has 0 unspecified atom stereocenters. The normalized spacial score (nSPS) is 12.3. The Hall–Kier alpha value is -1.32. The highest BCUT2D eigenvalue weighted by atomic mass is 16.5. The van der Waals surface area contributed by atoms with Crippen LogP contribution in [-0.4, -0.2) is 43.9 Å². The predicted octanol–water partition coefficient (Wildman–Crippen LogP) is 2.66. The molecule has 0 atom stereocenters. The lowest BCUT2D eigenvalue weighted by atomic mass is 10.0. The van der Waals surface area contributed by atoms with Crippen molar-refractivity contribution in [2.75, 3.05) is 33.9 Å². The second-order valence-corrected chi connectivity index (χ2v) is 5.25. The molecule has 0 aliphatic carbocycles. The summed E-state index contributed by atoms with van der Waals surface area (Å²) in [6, 6.07) is 7.97. The third-order valence-corrected chi connectivity index (χ3v) is 2.96. The third-order valence-electron chi connectivity index (χ3n) is 2.96. The highest BCUT2D eigenvalue weighted by molar-refractivity contribution is 5.54. The zero-order valence-corrected chi connectivity index (χ0v) is 12.4. The van der Waals surface area contributed by atoms with Crippen LogP contribution in [-0.2, 0) is 0 Å². The molecule has 0 aliphatic rings. The lowest BCUT2D eigenvalue weighted by molar-refractivity contribution is 0.261. The highest BCUT2D eigenvalue weighted by Crippen LogP contribution is 2.17. The second kappa shape index (κ2) is 7.97. The molecule has 1 aromatic carbocycles. The molecule has 0 saturated heterocycles. The Bertz CT molecular complexity index is 394. The van der Waals surface area contributed by atoms with Gasteiger partial charge in [0.25, 0.3) is 0 Å². The number of rotatable bonds is 7. The third kappa shape index (κ3) is 5.90. The van der Waals surface area contributed by atoms with Gasteiger partial charge >= 0.3 is 0 Å². The molecule has 0 radical (unpaired) electrons. The van der Waals surface area contributed by atoms with E-state index in [-0.39, 0.29) is 6.61 Å². The molecule has 0 heterocycles. The van der Waals surface area contributed by atoms with Crippen molar-refractivity contribution >= 4 is 6.08 Å². The summed E-state index contributed by atoms with van der Waals surface area (Å²) in [5.41, 5.74) is 2.14. The molecule has 0 spiro atoms. The molecule has 0 aliphatic heterocycles. The van der Waals surface area contributed by atoms with Crippen LogP contribution in [0.5, 0.6) is 5.75 Å². The van der Waals surface area contributed by atoms with Crippen LogP contribution in [0.3, 0.4) is 0 Å². The zero-order chi connectivity index (χ0) is 14.3. The predicted molar refractivity (Wildman–Crippen MR) is 80.4 cm³/mol. The van der Waals surface area contributed by atoms with E-state index in [4.69, 9.17) is 4.74 Å². The van der Waals surface area contributed by atoms with Crippen molar-refractivity contribution in [1.29, 1.82) is 0 Å². The molecular weight excluding hydrogens is 238 g/mol. The van der Waals surface area contributed by atoms with Crippen LogP contribution in [0.1, 0.15) is 19.4 Å². The van der Waals surface area contributed by atoms with Crippen LogP contribution < -0.4 is 4.74 Å². The number of hydrogen-bond acceptors (Lipinski definition) is 3. The van der Waals surface area contributed by atoms with Crippen molar-refractivity contribution in [2.45, 2.75) is 13.8 Å². The second-order valence-electron chi connectivity index (χ2n) is 5.25. The van der Waals surface area contributed by atoms with Crippen molar-refractivity contribution in [3.8, 4) is 5.75 Å². The first-order valence-electron chi connectivity index (χ1n) is 6.72. The summed E-state index contributed by atoms with van der Waals surface area (Å²) in [6.07, 6.45) is 2.04. The van der Waals surface area contributed by atoms with Crippen LogP contribution in [0.25, 0.3) is 6.08 Å². The smallest absolute Gasteiger partial charge is 0.119 e. The summed E-state index contributed by atoms with van der Waals surface area (Å²) in [7, 11) is 4.05. The number of likely N-dealkylation sites (N-methyl/N-ethyl adjacent to an activating group) is 1. The number of aliphatic hydroxyl groups excluding tert-OH is 1. The number of hydrogen-bond donors (Lipinski definition) is 1. The highest BCUT2D eigenvalue weighted by Gasteiger charge is 2.02. The molecular formula is C16H25NO2. The van der Waals surface area contributed by atoms with E-state index >= 15 is 0 Å². The van der Waals surface area contributed by atoms with E-state index in [1.165, 1.54) is 0 Å². The summed E-state index contributed by atoms with van der Waals surface area (Å²) < 4.78 is 5.64. The standard InChI is InChI=1S/C16H25NO2/c1-13(2)15(12-18)11-14-5-7-16(8-6-14)19-10-9-17(3)4/h5-8,11,13,18H,9-10,12H2,1-4H3. The molecule has 1 rings (SSSR count). The number of nitrogens with zero attached hydrogens (tertiary/aromatic N) is 1. The topological polar surface area (TPSA) is 32.7 Å². The minimum absolute atomic E-state index is 0.110. The van der Waals surface area contributed by atoms with Crippen LogP contribution in [0.2, 0.25) is 0 Å². The zero-order valence-electron chi connectivity index (χ0n) is 12.4. The Balaban J connectivity index is 2.61. The maximum absolute atomic E-state index is 9.28. The largest absolute Gasteiger partial charge is 0.492 e. The van der Waals surface area contributed by atoms with Gasteiger partial charge in [-0.05, 0) is 43.3 Å². The minimum atomic E-state index is 0.110. The van der Waals surface area contributed by atoms with Crippen molar-refractivity contribution < 1.29 is 9.84 Å². The number of aliphatic hydroxyl groups is 1. The van der Waals surface area contributed by atoms with Gasteiger partial charge in [0.1, 0.15) is 12.4 Å². The fourth-order valence-corrected chi connectivity index (χ4v) is 1.62. The van der Waals surface area contributed by atoms with Gasteiger partial charge in [-0.1, -0.05) is 32.1 Å². The molecule has 106 valence electrons. The van der Waals surface area contributed by atoms with Crippen molar-refractivity contribution in [2.24, 2.45) is 5.92 Å². The molecule has 0 amide bonds. The summed E-state index contributed by atoms with van der Waals surface area (Å²) in [5, 5.41) is 9.28. The Morgan fingerprint density at radius 1 is 1.26 bits per heavy atom. The molecule has 19 heavy (non-hydrogen) atoms. The summed E-state index contributed by atoms with van der Waals surface area (Å²) in [6.45, 7) is 5.88.